The zero-order chi connectivity index (χ0) is 25.3. The molecule has 1 aromatic heterocycles. The molecule has 2 heterocycles. The van der Waals surface area contributed by atoms with Gasteiger partial charge in [-0.1, -0.05) is 38.5 Å². The Bertz CT molecular complexity index is 1110. The summed E-state index contributed by atoms with van der Waals surface area (Å²) in [6.45, 7) is 7.79. The van der Waals surface area contributed by atoms with Gasteiger partial charge in [-0.3, -0.25) is 14.4 Å². The summed E-state index contributed by atoms with van der Waals surface area (Å²) in [6, 6.07) is 1.94. The van der Waals surface area contributed by atoms with E-state index in [1.165, 1.54) is 0 Å². The first-order valence-corrected chi connectivity index (χ1v) is 14.5. The van der Waals surface area contributed by atoms with Crippen LogP contribution < -0.4 is 0 Å². The van der Waals surface area contributed by atoms with Gasteiger partial charge in [0.2, 0.25) is 0 Å². The number of carbonyl (C=O) groups is 2. The van der Waals surface area contributed by atoms with Crippen LogP contribution in [0.4, 0.5) is 0 Å². The molecule has 0 bridgehead atoms. The van der Waals surface area contributed by atoms with Gasteiger partial charge in [-0.25, -0.2) is 0 Å². The number of rotatable bonds is 6. The van der Waals surface area contributed by atoms with Crippen LogP contribution in [0.5, 0.6) is 0 Å². The lowest BCUT2D eigenvalue weighted by molar-refractivity contribution is -0.251. The molecule has 1 N–H and O–H groups in total. The number of carbonyl (C=O) groups excluding carboxylic acids is 2. The van der Waals surface area contributed by atoms with Crippen molar-refractivity contribution in [1.82, 2.24) is 5.06 Å². The highest BCUT2D eigenvalue weighted by Gasteiger charge is 2.74. The van der Waals surface area contributed by atoms with Crippen LogP contribution in [0, 0.1) is 34.5 Å². The average Bonchev–Trinajstić information content (AvgIpc) is 3.53. The highest BCUT2D eigenvalue weighted by atomic mass is 32.2. The van der Waals surface area contributed by atoms with Crippen LogP contribution in [0.3, 0.4) is 0 Å². The van der Waals surface area contributed by atoms with E-state index >= 15 is 0 Å². The molecule has 2 saturated carbocycles. The summed E-state index contributed by atoms with van der Waals surface area (Å²) < 4.78 is 5.27. The van der Waals surface area contributed by atoms with E-state index in [1.807, 2.05) is 17.2 Å². The van der Waals surface area contributed by atoms with Gasteiger partial charge in [0.1, 0.15) is 0 Å². The molecule has 0 unspecified atom stereocenters. The molecule has 6 nitrogen and oxygen atoms in total. The predicted octanol–water partition coefficient (Wildman–Crippen LogP) is 4.59. The monoisotopic (exact) mass is 511 g/mol. The molecule has 36 heavy (non-hydrogen) atoms. The number of thioether (sulfide) groups is 1. The largest absolute Gasteiger partial charge is 0.472 e. The number of aliphatic hydroxyl groups is 1. The molecule has 1 aromatic rings. The third kappa shape index (κ3) is 3.35. The molecule has 3 fully saturated rings. The zero-order valence-corrected chi connectivity index (χ0v) is 22.3. The predicted molar refractivity (Wildman–Crippen MR) is 138 cm³/mol. The SMILES string of the molecule is CCSCC(=O)[C@@]12ON(Cc3ccoc3)C[C@@H]1C[C@H]1[C@@H]3CC=C4CC(=O)C=C[C@]4(C)[C@H]3[C@@H](O)C[C@@]12C. The van der Waals surface area contributed by atoms with E-state index < -0.39 is 17.1 Å². The van der Waals surface area contributed by atoms with Crippen LogP contribution in [-0.4, -0.2) is 51.5 Å². The molecule has 4 aliphatic carbocycles. The van der Waals surface area contributed by atoms with Gasteiger partial charge in [0.25, 0.3) is 0 Å². The maximum atomic E-state index is 14.1. The van der Waals surface area contributed by atoms with Gasteiger partial charge in [-0.2, -0.15) is 16.8 Å². The maximum absolute atomic E-state index is 14.1. The summed E-state index contributed by atoms with van der Waals surface area (Å²) >= 11 is 1.65. The number of nitrogens with zero attached hydrogens (tertiary/aromatic N) is 1. The molecule has 0 radical (unpaired) electrons. The maximum Gasteiger partial charge on any atom is 0.177 e. The Morgan fingerprint density at radius 2 is 2.17 bits per heavy atom. The van der Waals surface area contributed by atoms with Crippen LogP contribution in [-0.2, 0) is 21.0 Å². The molecule has 0 aromatic carbocycles. The van der Waals surface area contributed by atoms with Gasteiger partial charge < -0.3 is 9.52 Å². The van der Waals surface area contributed by atoms with Crippen molar-refractivity contribution < 1.29 is 24.0 Å². The number of ketones is 2. The van der Waals surface area contributed by atoms with E-state index in [2.05, 4.69) is 26.8 Å². The molecule has 7 heteroatoms. The van der Waals surface area contributed by atoms with Gasteiger partial charge in [-0.15, -0.1) is 0 Å². The topological polar surface area (TPSA) is 80.0 Å². The second kappa shape index (κ2) is 8.69. The number of aliphatic hydroxyl groups excluding tert-OH is 1. The van der Waals surface area contributed by atoms with Crippen LogP contribution >= 0.6 is 11.8 Å². The standard InChI is InChI=1S/C29H37NO5S/c1-4-36-17-25(33)29-20(15-30(35-29)14-18-8-10-34-16-18)12-23-22-6-5-19-11-21(31)7-9-27(19,2)26(22)24(32)13-28(23,29)3/h5,7-10,16,20,22-24,26,32H,4,6,11-15,17H2,1-3H3/t20-,22-,23-,24-,26+,27-,28-,29-/m0/s1. The minimum Gasteiger partial charge on any atom is -0.472 e. The summed E-state index contributed by atoms with van der Waals surface area (Å²) in [5.41, 5.74) is 0.509. The minimum atomic E-state index is -0.918. The zero-order valence-electron chi connectivity index (χ0n) is 21.4. The Kier molecular flexibility index (Phi) is 5.95. The summed E-state index contributed by atoms with van der Waals surface area (Å²) in [7, 11) is 0. The van der Waals surface area contributed by atoms with Crippen molar-refractivity contribution in [2.24, 2.45) is 34.5 Å². The number of hydroxylamine groups is 2. The smallest absolute Gasteiger partial charge is 0.177 e. The van der Waals surface area contributed by atoms with Crippen LogP contribution in [0.25, 0.3) is 0 Å². The van der Waals surface area contributed by atoms with Crippen molar-refractivity contribution in [3.05, 3.63) is 48.0 Å². The normalized spacial score (nSPS) is 43.5. The van der Waals surface area contributed by atoms with E-state index in [9.17, 15) is 14.7 Å². The molecule has 1 saturated heterocycles. The second-order valence-corrected chi connectivity index (χ2v) is 13.3. The molecule has 6 rings (SSSR count). The minimum absolute atomic E-state index is 0.0537. The second-order valence-electron chi connectivity index (χ2n) is 12.0. The van der Waals surface area contributed by atoms with Crippen molar-refractivity contribution in [2.75, 3.05) is 18.1 Å². The number of fused-ring (bicyclic) bond motifs is 7. The van der Waals surface area contributed by atoms with E-state index in [0.717, 1.165) is 29.7 Å². The van der Waals surface area contributed by atoms with Crippen LogP contribution in [0.2, 0.25) is 0 Å². The first kappa shape index (κ1) is 24.7. The summed E-state index contributed by atoms with van der Waals surface area (Å²) in [5.74, 6) is 2.32. The lowest BCUT2D eigenvalue weighted by Crippen LogP contribution is -2.62. The third-order valence-corrected chi connectivity index (χ3v) is 11.2. The summed E-state index contributed by atoms with van der Waals surface area (Å²) in [4.78, 5) is 33.0. The fourth-order valence-electron chi connectivity index (χ4n) is 8.83. The van der Waals surface area contributed by atoms with Gasteiger partial charge in [0, 0.05) is 41.2 Å². The Hall–Kier alpha value is -1.67. The van der Waals surface area contributed by atoms with Crippen molar-refractivity contribution >= 4 is 23.3 Å². The lowest BCUT2D eigenvalue weighted by Gasteiger charge is -2.59. The molecular weight excluding hydrogens is 474 g/mol. The lowest BCUT2D eigenvalue weighted by atomic mass is 9.47. The van der Waals surface area contributed by atoms with Crippen LogP contribution in [0.1, 0.15) is 52.0 Å². The van der Waals surface area contributed by atoms with Crippen LogP contribution in [0.15, 0.2) is 46.8 Å². The van der Waals surface area contributed by atoms with Crippen molar-refractivity contribution in [3.63, 3.8) is 0 Å². The van der Waals surface area contributed by atoms with E-state index in [0.29, 0.717) is 31.7 Å². The van der Waals surface area contributed by atoms with E-state index in [4.69, 9.17) is 9.25 Å². The molecule has 0 amide bonds. The Labute approximate surface area is 217 Å². The Morgan fingerprint density at radius 1 is 1.33 bits per heavy atom. The fraction of sp³-hybridized carbons (Fsp3) is 0.655. The molecular formula is C29H37NO5S. The number of allylic oxidation sites excluding steroid dienone is 4. The van der Waals surface area contributed by atoms with Gasteiger partial charge in [0.15, 0.2) is 17.2 Å². The van der Waals surface area contributed by atoms with Gasteiger partial charge in [0.05, 0.1) is 30.9 Å². The summed E-state index contributed by atoms with van der Waals surface area (Å²) in [6.07, 6.45) is 11.6. The molecule has 8 atom stereocenters. The fourth-order valence-corrected chi connectivity index (χ4v) is 9.44. The van der Waals surface area contributed by atoms with Crippen molar-refractivity contribution in [3.8, 4) is 0 Å². The van der Waals surface area contributed by atoms with E-state index in [1.54, 1.807) is 30.4 Å². The molecule has 194 valence electrons. The number of hydrogen-bond acceptors (Lipinski definition) is 7. The first-order chi connectivity index (χ1) is 17.2. The quantitative estimate of drug-likeness (QED) is 0.560. The van der Waals surface area contributed by atoms with Crippen molar-refractivity contribution in [2.45, 2.75) is 64.7 Å². The highest BCUT2D eigenvalue weighted by Crippen LogP contribution is 2.70. The summed E-state index contributed by atoms with van der Waals surface area (Å²) in [5, 5.41) is 13.8. The Morgan fingerprint density at radius 3 is 2.92 bits per heavy atom. The Balaban J connectivity index is 1.37. The first-order valence-electron chi connectivity index (χ1n) is 13.4. The molecule has 5 aliphatic rings. The average molecular weight is 512 g/mol. The van der Waals surface area contributed by atoms with Gasteiger partial charge >= 0.3 is 0 Å². The third-order valence-electron chi connectivity index (χ3n) is 10.3. The molecule has 1 aliphatic heterocycles. The number of furan rings is 1. The van der Waals surface area contributed by atoms with E-state index in [-0.39, 0.29) is 40.7 Å². The highest BCUT2D eigenvalue weighted by molar-refractivity contribution is 7.99. The molecule has 0 spiro atoms. The van der Waals surface area contributed by atoms with Gasteiger partial charge in [-0.05, 0) is 49.0 Å². The number of Topliss-reactive ketones (excluding diaryl/α,β-unsaturated/α-hetero) is 1. The number of hydrogen-bond donors (Lipinski definition) is 1. The van der Waals surface area contributed by atoms with Crippen molar-refractivity contribution in [1.29, 1.82) is 0 Å².